The number of nitrogens with one attached hydrogen (secondary N) is 2. The van der Waals surface area contributed by atoms with Gasteiger partial charge in [-0.3, -0.25) is 0 Å². The van der Waals surface area contributed by atoms with E-state index in [0.717, 1.165) is 35.6 Å². The van der Waals surface area contributed by atoms with Crippen LogP contribution in [0.4, 0.5) is 0 Å². The topological polar surface area (TPSA) is 24.1 Å². The first-order valence-corrected chi connectivity index (χ1v) is 8.82. The molecule has 0 aromatic carbocycles. The minimum absolute atomic E-state index is 0.798. The Morgan fingerprint density at radius 1 is 0.842 bits per heavy atom. The quantitative estimate of drug-likeness (QED) is 0.817. The molecule has 5 aliphatic rings. The third-order valence-corrected chi connectivity index (χ3v) is 6.64. The molecule has 0 spiro atoms. The highest BCUT2D eigenvalue weighted by molar-refractivity contribution is 4.98. The van der Waals surface area contributed by atoms with E-state index in [4.69, 9.17) is 0 Å². The summed E-state index contributed by atoms with van der Waals surface area (Å²) in [6.45, 7) is 3.79. The van der Waals surface area contributed by atoms with Gasteiger partial charge in [0.2, 0.25) is 0 Å². The van der Waals surface area contributed by atoms with Gasteiger partial charge < -0.3 is 10.6 Å². The van der Waals surface area contributed by atoms with Crippen LogP contribution in [0.25, 0.3) is 0 Å². The molecular weight excluding hydrogens is 232 g/mol. The predicted molar refractivity (Wildman–Crippen MR) is 79.0 cm³/mol. The van der Waals surface area contributed by atoms with Gasteiger partial charge in [-0.25, -0.2) is 0 Å². The van der Waals surface area contributed by atoms with Crippen LogP contribution in [0.2, 0.25) is 0 Å². The molecule has 1 aliphatic heterocycles. The van der Waals surface area contributed by atoms with Crippen molar-refractivity contribution in [1.29, 1.82) is 0 Å². The summed E-state index contributed by atoms with van der Waals surface area (Å²) < 4.78 is 0. The minimum atomic E-state index is 0.798. The molecular formula is C17H30N2. The largest absolute Gasteiger partial charge is 0.317 e. The van der Waals surface area contributed by atoms with Gasteiger partial charge in [0.15, 0.2) is 0 Å². The smallest absolute Gasteiger partial charge is 0.00797 e. The van der Waals surface area contributed by atoms with Crippen LogP contribution >= 0.6 is 0 Å². The summed E-state index contributed by atoms with van der Waals surface area (Å²) in [6, 6.07) is 0.798. The standard InChI is InChI=1S/C17H30N2/c1-2-16(3-5-18-4-1)19-11-17-14-7-12-6-13(9-14)10-15(17)8-12/h12-19H,1-11H2. The van der Waals surface area contributed by atoms with Crippen molar-refractivity contribution in [2.75, 3.05) is 19.6 Å². The van der Waals surface area contributed by atoms with E-state index in [1.807, 2.05) is 0 Å². The Kier molecular flexibility index (Phi) is 3.57. The highest BCUT2D eigenvalue weighted by Gasteiger charge is 2.47. The zero-order valence-corrected chi connectivity index (χ0v) is 12.2. The molecule has 1 heterocycles. The monoisotopic (exact) mass is 262 g/mol. The molecule has 2 heteroatoms. The van der Waals surface area contributed by atoms with Crippen LogP contribution in [0.5, 0.6) is 0 Å². The van der Waals surface area contributed by atoms with Gasteiger partial charge in [0.1, 0.15) is 0 Å². The maximum atomic E-state index is 3.95. The fourth-order valence-electron chi connectivity index (χ4n) is 5.90. The molecule has 4 saturated carbocycles. The van der Waals surface area contributed by atoms with Crippen LogP contribution in [0.15, 0.2) is 0 Å². The van der Waals surface area contributed by atoms with E-state index in [9.17, 15) is 0 Å². The molecule has 108 valence electrons. The Labute approximate surface area is 118 Å². The second-order valence-electron chi connectivity index (χ2n) is 7.88. The minimum Gasteiger partial charge on any atom is -0.317 e. The van der Waals surface area contributed by atoms with Gasteiger partial charge in [0, 0.05) is 6.04 Å². The third-order valence-electron chi connectivity index (χ3n) is 6.64. The van der Waals surface area contributed by atoms with E-state index in [1.54, 1.807) is 32.1 Å². The van der Waals surface area contributed by atoms with Crippen LogP contribution in [0, 0.1) is 29.6 Å². The lowest BCUT2D eigenvalue weighted by atomic mass is 9.52. The molecule has 4 aliphatic carbocycles. The van der Waals surface area contributed by atoms with Crippen LogP contribution in [-0.2, 0) is 0 Å². The summed E-state index contributed by atoms with van der Waals surface area (Å²) in [7, 11) is 0. The average molecular weight is 262 g/mol. The zero-order valence-electron chi connectivity index (χ0n) is 12.2. The van der Waals surface area contributed by atoms with E-state index >= 15 is 0 Å². The van der Waals surface area contributed by atoms with E-state index in [2.05, 4.69) is 10.6 Å². The molecule has 2 nitrogen and oxygen atoms in total. The van der Waals surface area contributed by atoms with Gasteiger partial charge in [-0.15, -0.1) is 0 Å². The first kappa shape index (κ1) is 12.6. The van der Waals surface area contributed by atoms with Crippen LogP contribution in [-0.4, -0.2) is 25.7 Å². The summed E-state index contributed by atoms with van der Waals surface area (Å²) >= 11 is 0. The molecule has 0 radical (unpaired) electrons. The molecule has 5 rings (SSSR count). The third kappa shape index (κ3) is 2.58. The lowest BCUT2D eigenvalue weighted by Gasteiger charge is -2.54. The lowest BCUT2D eigenvalue weighted by Crippen LogP contribution is -2.49. The number of hydrogen-bond acceptors (Lipinski definition) is 2. The van der Waals surface area contributed by atoms with Gasteiger partial charge >= 0.3 is 0 Å². The SMILES string of the molecule is C1CNCCC(NCC2C3CC4CC(C3)CC2C4)C1. The number of rotatable bonds is 3. The molecule has 4 bridgehead atoms. The first-order chi connectivity index (χ1) is 9.38. The summed E-state index contributed by atoms with van der Waals surface area (Å²) in [4.78, 5) is 0. The van der Waals surface area contributed by atoms with Crippen molar-refractivity contribution in [1.82, 2.24) is 10.6 Å². The summed E-state index contributed by atoms with van der Waals surface area (Å²) in [5.41, 5.74) is 0. The van der Waals surface area contributed by atoms with Gasteiger partial charge in [-0.1, -0.05) is 0 Å². The fourth-order valence-corrected chi connectivity index (χ4v) is 5.90. The Bertz CT molecular complexity index is 278. The first-order valence-electron chi connectivity index (χ1n) is 8.82. The molecule has 1 unspecified atom stereocenters. The van der Waals surface area contributed by atoms with Crippen LogP contribution < -0.4 is 10.6 Å². The van der Waals surface area contributed by atoms with Gasteiger partial charge in [-0.2, -0.15) is 0 Å². The van der Waals surface area contributed by atoms with E-state index in [1.165, 1.54) is 38.9 Å². The Morgan fingerprint density at radius 2 is 1.58 bits per heavy atom. The second kappa shape index (κ2) is 5.37. The van der Waals surface area contributed by atoms with Crippen molar-refractivity contribution in [2.45, 2.75) is 57.4 Å². The zero-order chi connectivity index (χ0) is 12.7. The average Bonchev–Trinajstić information content (AvgIpc) is 2.66. The maximum absolute atomic E-state index is 3.95. The van der Waals surface area contributed by atoms with E-state index < -0.39 is 0 Å². The maximum Gasteiger partial charge on any atom is 0.00797 e. The van der Waals surface area contributed by atoms with Crippen molar-refractivity contribution in [3.05, 3.63) is 0 Å². The normalized spacial score (nSPS) is 49.3. The van der Waals surface area contributed by atoms with Gasteiger partial charge in [0.05, 0.1) is 0 Å². The Hall–Kier alpha value is -0.0800. The van der Waals surface area contributed by atoms with Gasteiger partial charge in [0.25, 0.3) is 0 Å². The van der Waals surface area contributed by atoms with Crippen molar-refractivity contribution in [2.24, 2.45) is 29.6 Å². The molecule has 1 saturated heterocycles. The lowest BCUT2D eigenvalue weighted by molar-refractivity contribution is -0.0364. The van der Waals surface area contributed by atoms with Crippen LogP contribution in [0.3, 0.4) is 0 Å². The van der Waals surface area contributed by atoms with Crippen molar-refractivity contribution >= 4 is 0 Å². The number of hydrogen-bond donors (Lipinski definition) is 2. The summed E-state index contributed by atoms with van der Waals surface area (Å²) in [5, 5.41) is 7.48. The summed E-state index contributed by atoms with van der Waals surface area (Å²) in [5.74, 6) is 5.46. The molecule has 0 aromatic heterocycles. The molecule has 19 heavy (non-hydrogen) atoms. The summed E-state index contributed by atoms with van der Waals surface area (Å²) in [6.07, 6.45) is 12.0. The highest BCUT2D eigenvalue weighted by atomic mass is 14.9. The predicted octanol–water partition coefficient (Wildman–Crippen LogP) is 2.79. The molecule has 1 atom stereocenters. The Balaban J connectivity index is 1.33. The molecule has 0 amide bonds. The van der Waals surface area contributed by atoms with Crippen molar-refractivity contribution in [3.8, 4) is 0 Å². The molecule has 0 aromatic rings. The van der Waals surface area contributed by atoms with Crippen molar-refractivity contribution in [3.63, 3.8) is 0 Å². The van der Waals surface area contributed by atoms with Crippen LogP contribution in [0.1, 0.15) is 51.4 Å². The van der Waals surface area contributed by atoms with Crippen molar-refractivity contribution < 1.29 is 0 Å². The highest BCUT2D eigenvalue weighted by Crippen LogP contribution is 2.56. The Morgan fingerprint density at radius 3 is 2.32 bits per heavy atom. The second-order valence-corrected chi connectivity index (χ2v) is 7.88. The van der Waals surface area contributed by atoms with E-state index in [-0.39, 0.29) is 0 Å². The molecule has 5 fully saturated rings. The van der Waals surface area contributed by atoms with Gasteiger partial charge in [-0.05, 0) is 101 Å². The molecule has 2 N–H and O–H groups in total. The van der Waals surface area contributed by atoms with E-state index in [0.29, 0.717) is 0 Å². The fraction of sp³-hybridized carbons (Fsp3) is 1.00.